The Hall–Kier alpha value is -2.82. The minimum atomic E-state index is -1.06. The van der Waals surface area contributed by atoms with Crippen LogP contribution in [0, 0.1) is 30.2 Å². The molecule has 26 heavy (non-hydrogen) atoms. The molecule has 134 valence electrons. The maximum Gasteiger partial charge on any atom is 0.201 e. The highest BCUT2D eigenvalue weighted by molar-refractivity contribution is 5.71. The van der Waals surface area contributed by atoms with Gasteiger partial charge in [-0.25, -0.2) is 13.2 Å². The van der Waals surface area contributed by atoms with Crippen molar-refractivity contribution in [2.45, 2.75) is 13.8 Å². The van der Waals surface area contributed by atoms with E-state index < -0.39 is 23.3 Å². The molecule has 0 saturated heterocycles. The lowest BCUT2D eigenvalue weighted by molar-refractivity contribution is 0.314. The van der Waals surface area contributed by atoms with Crippen molar-refractivity contribution in [1.82, 2.24) is 0 Å². The molecule has 0 N–H and O–H groups in total. The lowest BCUT2D eigenvalue weighted by Gasteiger charge is -2.10. The summed E-state index contributed by atoms with van der Waals surface area (Å²) in [6.45, 7) is 3.38. The Balaban J connectivity index is 1.99. The van der Waals surface area contributed by atoms with Crippen LogP contribution in [0.5, 0.6) is 5.75 Å². The highest BCUT2D eigenvalue weighted by Gasteiger charge is 2.16. The Kier molecular flexibility index (Phi) is 4.98. The van der Waals surface area contributed by atoms with Crippen LogP contribution in [-0.4, -0.2) is 6.61 Å². The van der Waals surface area contributed by atoms with Crippen molar-refractivity contribution in [3.05, 3.63) is 77.4 Å². The van der Waals surface area contributed by atoms with Crippen molar-refractivity contribution in [1.29, 1.82) is 0 Å². The van der Waals surface area contributed by atoms with E-state index in [1.54, 1.807) is 6.92 Å². The molecule has 0 aromatic heterocycles. The van der Waals surface area contributed by atoms with Crippen LogP contribution in [0.2, 0.25) is 0 Å². The first kappa shape index (κ1) is 18.0. The van der Waals surface area contributed by atoms with Crippen LogP contribution in [0.1, 0.15) is 12.5 Å². The van der Waals surface area contributed by atoms with Crippen molar-refractivity contribution in [3.8, 4) is 28.0 Å². The number of aryl methyl sites for hydroxylation is 1. The first-order chi connectivity index (χ1) is 12.4. The van der Waals surface area contributed by atoms with Gasteiger partial charge in [0.2, 0.25) is 5.82 Å². The normalized spacial score (nSPS) is 10.8. The molecule has 0 atom stereocenters. The molecule has 1 nitrogen and oxygen atoms in total. The summed E-state index contributed by atoms with van der Waals surface area (Å²) in [5.74, 6) is -4.05. The summed E-state index contributed by atoms with van der Waals surface area (Å²) in [4.78, 5) is 0. The second-order valence-electron chi connectivity index (χ2n) is 5.81. The molecule has 0 spiro atoms. The zero-order valence-electron chi connectivity index (χ0n) is 14.2. The van der Waals surface area contributed by atoms with Crippen molar-refractivity contribution < 1.29 is 22.3 Å². The summed E-state index contributed by atoms with van der Waals surface area (Å²) in [5.41, 5.74) is 1.25. The molecule has 0 heterocycles. The first-order valence-electron chi connectivity index (χ1n) is 8.10. The Labute approximate surface area is 148 Å². The van der Waals surface area contributed by atoms with Gasteiger partial charge in [0.15, 0.2) is 23.2 Å². The van der Waals surface area contributed by atoms with E-state index in [0.29, 0.717) is 11.1 Å². The number of benzene rings is 3. The van der Waals surface area contributed by atoms with Crippen LogP contribution in [0.25, 0.3) is 22.3 Å². The third-order valence-electron chi connectivity index (χ3n) is 4.13. The van der Waals surface area contributed by atoms with E-state index in [0.717, 1.165) is 0 Å². The van der Waals surface area contributed by atoms with E-state index in [1.807, 2.05) is 0 Å². The lowest BCUT2D eigenvalue weighted by atomic mass is 9.98. The number of halogens is 4. The lowest BCUT2D eigenvalue weighted by Crippen LogP contribution is -1.98. The Bertz CT molecular complexity index is 949. The van der Waals surface area contributed by atoms with E-state index in [2.05, 4.69) is 0 Å². The van der Waals surface area contributed by atoms with Gasteiger partial charge in [0, 0.05) is 11.1 Å². The van der Waals surface area contributed by atoms with Crippen LogP contribution in [0.3, 0.4) is 0 Å². The third kappa shape index (κ3) is 3.17. The first-order valence-corrected chi connectivity index (χ1v) is 8.10. The van der Waals surface area contributed by atoms with Gasteiger partial charge in [-0.15, -0.1) is 0 Å². The van der Waals surface area contributed by atoms with Crippen molar-refractivity contribution in [3.63, 3.8) is 0 Å². The van der Waals surface area contributed by atoms with Gasteiger partial charge in [-0.1, -0.05) is 36.4 Å². The number of hydrogen-bond donors (Lipinski definition) is 0. The smallest absolute Gasteiger partial charge is 0.201 e. The number of hydrogen-bond acceptors (Lipinski definition) is 1. The molecule has 0 saturated carbocycles. The number of ether oxygens (including phenoxy) is 1. The SMILES string of the molecule is CCOc1ccc(-c2ccc(-c3ccc(C)c(F)c3F)cc2)c(F)c1F. The van der Waals surface area contributed by atoms with Crippen LogP contribution in [0.4, 0.5) is 17.6 Å². The summed E-state index contributed by atoms with van der Waals surface area (Å²) in [6.07, 6.45) is 0. The van der Waals surface area contributed by atoms with Crippen LogP contribution >= 0.6 is 0 Å². The molecule has 0 radical (unpaired) electrons. The van der Waals surface area contributed by atoms with Crippen LogP contribution in [0.15, 0.2) is 48.5 Å². The predicted molar refractivity (Wildman–Crippen MR) is 93.1 cm³/mol. The third-order valence-corrected chi connectivity index (χ3v) is 4.13. The highest BCUT2D eigenvalue weighted by atomic mass is 19.2. The maximum absolute atomic E-state index is 14.3. The largest absolute Gasteiger partial charge is 0.491 e. The molecule has 0 unspecified atom stereocenters. The molecule has 0 aliphatic heterocycles. The van der Waals surface area contributed by atoms with Crippen LogP contribution in [-0.2, 0) is 0 Å². The number of rotatable bonds is 4. The molecular formula is C21H16F4O. The fourth-order valence-electron chi connectivity index (χ4n) is 2.72. The van der Waals surface area contributed by atoms with Crippen molar-refractivity contribution in [2.24, 2.45) is 0 Å². The average Bonchev–Trinajstić information content (AvgIpc) is 2.64. The second-order valence-corrected chi connectivity index (χ2v) is 5.81. The second kappa shape index (κ2) is 7.20. The van der Waals surface area contributed by atoms with E-state index in [9.17, 15) is 17.6 Å². The summed E-state index contributed by atoms with van der Waals surface area (Å²) in [7, 11) is 0. The summed E-state index contributed by atoms with van der Waals surface area (Å²) in [5, 5.41) is 0. The Morgan fingerprint density at radius 1 is 0.654 bits per heavy atom. The van der Waals surface area contributed by atoms with Gasteiger partial charge in [-0.05, 0) is 42.7 Å². The highest BCUT2D eigenvalue weighted by Crippen LogP contribution is 2.32. The fourth-order valence-corrected chi connectivity index (χ4v) is 2.72. The predicted octanol–water partition coefficient (Wildman–Crippen LogP) is 6.28. The summed E-state index contributed by atoms with van der Waals surface area (Å²) in [6, 6.07) is 11.9. The monoisotopic (exact) mass is 360 g/mol. The zero-order valence-corrected chi connectivity index (χ0v) is 14.2. The van der Waals surface area contributed by atoms with E-state index >= 15 is 0 Å². The van der Waals surface area contributed by atoms with Gasteiger partial charge in [0.05, 0.1) is 6.61 Å². The van der Waals surface area contributed by atoms with Crippen molar-refractivity contribution in [2.75, 3.05) is 6.61 Å². The van der Waals surface area contributed by atoms with Crippen molar-refractivity contribution >= 4 is 0 Å². The van der Waals surface area contributed by atoms with Gasteiger partial charge in [-0.2, -0.15) is 4.39 Å². The maximum atomic E-state index is 14.3. The minimum absolute atomic E-state index is 0.0630. The minimum Gasteiger partial charge on any atom is -0.491 e. The fraction of sp³-hybridized carbons (Fsp3) is 0.143. The molecule has 0 amide bonds. The van der Waals surface area contributed by atoms with Gasteiger partial charge >= 0.3 is 0 Å². The molecule has 0 fully saturated rings. The van der Waals surface area contributed by atoms with Gasteiger partial charge in [0.1, 0.15) is 0 Å². The van der Waals surface area contributed by atoms with Crippen LogP contribution < -0.4 is 4.74 Å². The quantitative estimate of drug-likeness (QED) is 0.497. The standard InChI is InChI=1S/C21H16F4O/c1-3-26-17-11-10-16(20(24)21(17)25)14-7-5-13(6-8-14)15-9-4-12(2)18(22)19(15)23/h4-11H,3H2,1-2H3. The molecule has 3 aromatic carbocycles. The molecule has 3 aromatic rings. The van der Waals surface area contributed by atoms with E-state index in [-0.39, 0.29) is 29.0 Å². The Morgan fingerprint density at radius 3 is 1.69 bits per heavy atom. The Morgan fingerprint density at radius 2 is 1.15 bits per heavy atom. The molecular weight excluding hydrogens is 344 g/mol. The van der Waals surface area contributed by atoms with Gasteiger partial charge in [0.25, 0.3) is 0 Å². The average molecular weight is 360 g/mol. The molecule has 0 bridgehead atoms. The molecule has 5 heteroatoms. The van der Waals surface area contributed by atoms with E-state index in [4.69, 9.17) is 4.74 Å². The molecule has 0 aliphatic carbocycles. The molecule has 3 rings (SSSR count). The summed E-state index contributed by atoms with van der Waals surface area (Å²) >= 11 is 0. The molecule has 0 aliphatic rings. The zero-order chi connectivity index (χ0) is 18.8. The van der Waals surface area contributed by atoms with Gasteiger partial charge < -0.3 is 4.74 Å². The topological polar surface area (TPSA) is 9.23 Å². The summed E-state index contributed by atoms with van der Waals surface area (Å²) < 4.78 is 61.2. The van der Waals surface area contributed by atoms with Gasteiger partial charge in [-0.3, -0.25) is 0 Å². The van der Waals surface area contributed by atoms with E-state index in [1.165, 1.54) is 55.5 Å².